The predicted molar refractivity (Wildman–Crippen MR) is 121 cm³/mol. The van der Waals surface area contributed by atoms with Crippen LogP contribution < -0.4 is 9.80 Å². The lowest BCUT2D eigenvalue weighted by Gasteiger charge is -2.32. The number of rotatable bonds is 4. The molecule has 7 heteroatoms. The van der Waals surface area contributed by atoms with E-state index in [0.29, 0.717) is 10.1 Å². The number of hydrogen-bond acceptors (Lipinski definition) is 3. The minimum absolute atomic E-state index is 0.0634. The smallest absolute Gasteiger partial charge is 0.207 e. The second-order valence-electron chi connectivity index (χ2n) is 7.27. The number of halogens is 3. The molecule has 0 bridgehead atoms. The molecular formula is C21H25Cl3N4. The third-order valence-corrected chi connectivity index (χ3v) is 6.63. The second-order valence-corrected chi connectivity index (χ2v) is 8.55. The predicted octanol–water partition coefficient (Wildman–Crippen LogP) is 6.15. The summed E-state index contributed by atoms with van der Waals surface area (Å²) in [6.45, 7) is 8.09. The van der Waals surface area contributed by atoms with Gasteiger partial charge in [0.25, 0.3) is 0 Å². The molecule has 150 valence electrons. The van der Waals surface area contributed by atoms with Crippen molar-refractivity contribution >= 4 is 57.5 Å². The number of aromatic nitrogens is 2. The fourth-order valence-corrected chi connectivity index (χ4v) is 5.06. The molecule has 1 aromatic heterocycles. The molecule has 2 aromatic rings. The average Bonchev–Trinajstić information content (AvgIpc) is 2.94. The zero-order valence-electron chi connectivity index (χ0n) is 16.3. The van der Waals surface area contributed by atoms with Gasteiger partial charge in [-0.15, -0.1) is 0 Å². The highest BCUT2D eigenvalue weighted by Gasteiger charge is 2.30. The Balaban J connectivity index is 1.89. The Kier molecular flexibility index (Phi) is 5.82. The van der Waals surface area contributed by atoms with Crippen LogP contribution in [0.15, 0.2) is 34.3 Å². The first-order valence-electron chi connectivity index (χ1n) is 9.98. The lowest BCUT2D eigenvalue weighted by atomic mass is 10.1. The molecule has 2 heterocycles. The third-order valence-electron chi connectivity index (χ3n) is 5.70. The first-order valence-corrected chi connectivity index (χ1v) is 11.1. The Hall–Kier alpha value is -1.36. The summed E-state index contributed by atoms with van der Waals surface area (Å²) in [4.78, 5) is 9.71. The van der Waals surface area contributed by atoms with Crippen LogP contribution in [0.1, 0.15) is 33.1 Å². The van der Waals surface area contributed by atoms with E-state index >= 15 is 0 Å². The van der Waals surface area contributed by atoms with E-state index in [9.17, 15) is 0 Å². The fraction of sp³-hybridized carbons (Fsp3) is 0.476. The van der Waals surface area contributed by atoms with Crippen molar-refractivity contribution in [1.29, 1.82) is 0 Å². The van der Waals surface area contributed by atoms with Crippen LogP contribution >= 0.6 is 34.8 Å². The lowest BCUT2D eigenvalue weighted by molar-refractivity contribution is 0.641. The largest absolute Gasteiger partial charge is 0.370 e. The molecule has 1 aliphatic carbocycles. The number of imidazole rings is 1. The van der Waals surface area contributed by atoms with Crippen LogP contribution in [0.3, 0.4) is 0 Å². The summed E-state index contributed by atoms with van der Waals surface area (Å²) in [5.41, 5.74) is 3.19. The maximum atomic E-state index is 6.61. The van der Waals surface area contributed by atoms with Gasteiger partial charge in [0, 0.05) is 36.2 Å². The monoisotopic (exact) mass is 438 g/mol. The van der Waals surface area contributed by atoms with Crippen molar-refractivity contribution in [2.24, 2.45) is 0 Å². The molecule has 1 unspecified atom stereocenters. The Morgan fingerprint density at radius 2 is 1.86 bits per heavy atom. The summed E-state index contributed by atoms with van der Waals surface area (Å²) < 4.78 is 2.34. The molecule has 0 N–H and O–H groups in total. The Labute approximate surface area is 181 Å². The molecule has 28 heavy (non-hydrogen) atoms. The number of anilines is 2. The number of hydrogen-bond donors (Lipinski definition) is 0. The van der Waals surface area contributed by atoms with Crippen molar-refractivity contribution in [2.45, 2.75) is 45.7 Å². The molecule has 1 aromatic carbocycles. The summed E-state index contributed by atoms with van der Waals surface area (Å²) in [6.07, 6.45) is 6.87. The molecular weight excluding hydrogens is 415 g/mol. The van der Waals surface area contributed by atoms with Crippen LogP contribution in [0, 0.1) is 0 Å². The zero-order valence-corrected chi connectivity index (χ0v) is 18.5. The first kappa shape index (κ1) is 19.9. The Morgan fingerprint density at radius 1 is 1.11 bits per heavy atom. The van der Waals surface area contributed by atoms with E-state index in [1.165, 1.54) is 5.69 Å². The highest BCUT2D eigenvalue weighted by atomic mass is 35.5. The number of benzene rings is 1. The molecule has 0 fully saturated rings. The Bertz CT molecular complexity index is 943. The van der Waals surface area contributed by atoms with Gasteiger partial charge in [0.15, 0.2) is 0 Å². The van der Waals surface area contributed by atoms with Crippen molar-refractivity contribution in [1.82, 2.24) is 9.55 Å². The van der Waals surface area contributed by atoms with Crippen molar-refractivity contribution in [3.63, 3.8) is 0 Å². The average molecular weight is 440 g/mol. The molecule has 0 spiro atoms. The Morgan fingerprint density at radius 3 is 2.57 bits per heavy atom. The quantitative estimate of drug-likeness (QED) is 0.570. The van der Waals surface area contributed by atoms with Crippen LogP contribution in [0.4, 0.5) is 11.6 Å². The van der Waals surface area contributed by atoms with Gasteiger partial charge in [0.2, 0.25) is 5.95 Å². The van der Waals surface area contributed by atoms with E-state index in [1.54, 1.807) is 0 Å². The normalized spacial score (nSPS) is 19.9. The van der Waals surface area contributed by atoms with Gasteiger partial charge >= 0.3 is 0 Å². The van der Waals surface area contributed by atoms with Crippen LogP contribution in [-0.2, 0) is 6.54 Å². The van der Waals surface area contributed by atoms with Crippen LogP contribution in [0.2, 0.25) is 5.02 Å². The molecule has 0 saturated heterocycles. The minimum Gasteiger partial charge on any atom is -0.370 e. The number of aryl methyl sites for hydroxylation is 1. The number of nitrogens with zero attached hydrogens (tertiary/aromatic N) is 4. The molecule has 1 aliphatic heterocycles. The van der Waals surface area contributed by atoms with Gasteiger partial charge in [0.05, 0.1) is 22.3 Å². The van der Waals surface area contributed by atoms with E-state index in [0.717, 1.165) is 67.5 Å². The van der Waals surface area contributed by atoms with Gasteiger partial charge in [-0.3, -0.25) is 0 Å². The van der Waals surface area contributed by atoms with Crippen LogP contribution in [0.25, 0.3) is 11.0 Å². The zero-order chi connectivity index (χ0) is 19.8. The molecule has 4 nitrogen and oxygen atoms in total. The molecule has 0 amide bonds. The topological polar surface area (TPSA) is 24.3 Å². The molecule has 1 atom stereocenters. The molecule has 0 radical (unpaired) electrons. The van der Waals surface area contributed by atoms with E-state index in [-0.39, 0.29) is 6.04 Å². The van der Waals surface area contributed by atoms with Gasteiger partial charge in [-0.25, -0.2) is 4.98 Å². The first-order chi connectivity index (χ1) is 13.5. The highest BCUT2D eigenvalue weighted by Crippen LogP contribution is 2.39. The van der Waals surface area contributed by atoms with Gasteiger partial charge in [-0.2, -0.15) is 0 Å². The van der Waals surface area contributed by atoms with E-state index < -0.39 is 0 Å². The van der Waals surface area contributed by atoms with Crippen molar-refractivity contribution in [2.75, 3.05) is 29.4 Å². The van der Waals surface area contributed by atoms with Gasteiger partial charge < -0.3 is 14.4 Å². The highest BCUT2D eigenvalue weighted by molar-refractivity contribution is 6.36. The van der Waals surface area contributed by atoms with Crippen molar-refractivity contribution < 1.29 is 0 Å². The summed E-state index contributed by atoms with van der Waals surface area (Å²) in [5, 5.41) is 2.17. The van der Waals surface area contributed by atoms with Crippen molar-refractivity contribution in [3.05, 3.63) is 39.4 Å². The minimum atomic E-state index is 0.0634. The van der Waals surface area contributed by atoms with E-state index in [2.05, 4.69) is 34.3 Å². The second kappa shape index (κ2) is 8.17. The van der Waals surface area contributed by atoms with Gasteiger partial charge in [-0.1, -0.05) is 40.9 Å². The molecule has 0 saturated carbocycles. The van der Waals surface area contributed by atoms with Gasteiger partial charge in [-0.05, 0) is 51.3 Å². The summed E-state index contributed by atoms with van der Waals surface area (Å²) in [7, 11) is 0. The fourth-order valence-electron chi connectivity index (χ4n) is 4.27. The summed E-state index contributed by atoms with van der Waals surface area (Å²) in [6, 6.07) is 4.15. The summed E-state index contributed by atoms with van der Waals surface area (Å²) >= 11 is 19.4. The maximum Gasteiger partial charge on any atom is 0.207 e. The lowest BCUT2D eigenvalue weighted by Crippen LogP contribution is -2.38. The summed E-state index contributed by atoms with van der Waals surface area (Å²) in [5.74, 6) is 0.956. The number of allylic oxidation sites excluding steroid dienone is 2. The molecule has 4 rings (SSSR count). The molecule has 2 aliphatic rings. The standard InChI is InChI=1S/C21H25Cl3N4/c1-3-26(4-2)18-10-8-15(23)19-20(18)28-12-6-5-11-27(21(28)25-19)17-9-7-14(22)13-16(17)24/h7-8,10,13,17H,3-6,9,11-12H2,1-2H3. The van der Waals surface area contributed by atoms with E-state index in [4.69, 9.17) is 39.8 Å². The van der Waals surface area contributed by atoms with Crippen molar-refractivity contribution in [3.8, 4) is 0 Å². The van der Waals surface area contributed by atoms with Gasteiger partial charge in [0.1, 0.15) is 5.52 Å². The van der Waals surface area contributed by atoms with Crippen LogP contribution in [0.5, 0.6) is 0 Å². The SMILES string of the molecule is CCN(CC)c1ccc(Cl)c2nc3n(c12)CCCCN3C1CC=C(Cl)C=C1Cl. The van der Waals surface area contributed by atoms with Crippen LogP contribution in [-0.4, -0.2) is 35.2 Å². The third kappa shape index (κ3) is 3.40. The maximum absolute atomic E-state index is 6.61. The van der Waals surface area contributed by atoms with E-state index in [1.807, 2.05) is 18.2 Å². The number of fused-ring (bicyclic) bond motifs is 3.